The third-order valence-corrected chi connectivity index (χ3v) is 3.10. The van der Waals surface area contributed by atoms with Gasteiger partial charge in [-0.25, -0.2) is 9.59 Å². The van der Waals surface area contributed by atoms with Gasteiger partial charge in [0.2, 0.25) is 0 Å². The van der Waals surface area contributed by atoms with Gasteiger partial charge in [0.1, 0.15) is 0 Å². The quantitative estimate of drug-likeness (QED) is 0.870. The number of carboxylic acids is 1. The maximum atomic E-state index is 11.6. The number of methoxy groups -OCH3 is 1. The van der Waals surface area contributed by atoms with Crippen molar-refractivity contribution in [3.8, 4) is 11.1 Å². The lowest BCUT2D eigenvalue weighted by Crippen LogP contribution is -2.01. The Balaban J connectivity index is 2.45. The van der Waals surface area contributed by atoms with Gasteiger partial charge in [-0.2, -0.15) is 0 Å². The zero-order valence-electron chi connectivity index (χ0n) is 11.2. The van der Waals surface area contributed by atoms with Crippen LogP contribution in [0.3, 0.4) is 0 Å². The molecule has 0 saturated heterocycles. The Morgan fingerprint density at radius 1 is 1.00 bits per heavy atom. The van der Waals surface area contributed by atoms with E-state index in [-0.39, 0.29) is 5.56 Å². The molecule has 0 radical (unpaired) electrons. The Morgan fingerprint density at radius 2 is 1.60 bits per heavy atom. The minimum Gasteiger partial charge on any atom is -0.478 e. The molecule has 0 unspecified atom stereocenters. The monoisotopic (exact) mass is 270 g/mol. The number of hydrogen-bond acceptors (Lipinski definition) is 3. The summed E-state index contributed by atoms with van der Waals surface area (Å²) < 4.78 is 4.70. The number of aryl methyl sites for hydroxylation is 1. The Bertz CT molecular complexity index is 657. The first-order chi connectivity index (χ1) is 9.52. The Hall–Kier alpha value is -2.62. The number of carbonyl (C=O) groups excluding carboxylic acids is 1. The molecule has 0 fully saturated rings. The second kappa shape index (κ2) is 5.57. The van der Waals surface area contributed by atoms with Crippen LogP contribution < -0.4 is 0 Å². The maximum absolute atomic E-state index is 11.6. The summed E-state index contributed by atoms with van der Waals surface area (Å²) in [5.74, 6) is -1.36. The van der Waals surface area contributed by atoms with Crippen molar-refractivity contribution in [1.29, 1.82) is 0 Å². The molecule has 0 amide bonds. The van der Waals surface area contributed by atoms with Gasteiger partial charge in [-0.05, 0) is 47.9 Å². The fourth-order valence-corrected chi connectivity index (χ4v) is 1.97. The first-order valence-corrected chi connectivity index (χ1v) is 6.05. The number of hydrogen-bond donors (Lipinski definition) is 1. The molecule has 1 N–H and O–H groups in total. The van der Waals surface area contributed by atoms with Crippen molar-refractivity contribution < 1.29 is 19.4 Å². The molecule has 0 heterocycles. The summed E-state index contributed by atoms with van der Waals surface area (Å²) in [6.07, 6.45) is 0. The van der Waals surface area contributed by atoms with Gasteiger partial charge in [0.05, 0.1) is 18.2 Å². The van der Waals surface area contributed by atoms with Gasteiger partial charge in [-0.1, -0.05) is 18.2 Å². The van der Waals surface area contributed by atoms with Crippen molar-refractivity contribution in [3.05, 3.63) is 59.2 Å². The zero-order valence-corrected chi connectivity index (χ0v) is 11.2. The van der Waals surface area contributed by atoms with Crippen molar-refractivity contribution in [2.24, 2.45) is 0 Å². The second-order valence-electron chi connectivity index (χ2n) is 4.40. The fraction of sp³-hybridized carbons (Fsp3) is 0.125. The molecular formula is C16H14O4. The van der Waals surface area contributed by atoms with E-state index in [1.165, 1.54) is 7.11 Å². The summed E-state index contributed by atoms with van der Waals surface area (Å²) in [5.41, 5.74) is 3.44. The van der Waals surface area contributed by atoms with Crippen LogP contribution in [0.25, 0.3) is 11.1 Å². The molecule has 0 aromatic heterocycles. The highest BCUT2D eigenvalue weighted by Crippen LogP contribution is 2.25. The van der Waals surface area contributed by atoms with Crippen molar-refractivity contribution in [2.45, 2.75) is 6.92 Å². The molecule has 0 bridgehead atoms. The van der Waals surface area contributed by atoms with Gasteiger partial charge in [0, 0.05) is 0 Å². The summed E-state index contributed by atoms with van der Waals surface area (Å²) in [6, 6.07) is 11.8. The van der Waals surface area contributed by atoms with Crippen molar-refractivity contribution >= 4 is 11.9 Å². The van der Waals surface area contributed by atoms with Gasteiger partial charge in [-0.3, -0.25) is 0 Å². The summed E-state index contributed by atoms with van der Waals surface area (Å²) >= 11 is 0. The molecule has 4 nitrogen and oxygen atoms in total. The first kappa shape index (κ1) is 13.8. The largest absolute Gasteiger partial charge is 0.478 e. The molecule has 0 saturated carbocycles. The molecule has 2 aromatic carbocycles. The Morgan fingerprint density at radius 3 is 2.15 bits per heavy atom. The maximum Gasteiger partial charge on any atom is 0.337 e. The molecule has 0 aliphatic carbocycles. The van der Waals surface area contributed by atoms with Crippen LogP contribution in [0, 0.1) is 6.92 Å². The number of carboxylic acid groups (broad SMARTS) is 1. The van der Waals surface area contributed by atoms with Crippen molar-refractivity contribution in [1.82, 2.24) is 0 Å². The molecule has 0 aliphatic rings. The lowest BCUT2D eigenvalue weighted by molar-refractivity contribution is 0.0600. The van der Waals surface area contributed by atoms with E-state index in [1.54, 1.807) is 36.4 Å². The van der Waals surface area contributed by atoms with E-state index in [0.717, 1.165) is 16.7 Å². The topological polar surface area (TPSA) is 63.6 Å². The highest BCUT2D eigenvalue weighted by atomic mass is 16.5. The zero-order chi connectivity index (χ0) is 14.7. The summed E-state index contributed by atoms with van der Waals surface area (Å²) in [5, 5.41) is 8.89. The lowest BCUT2D eigenvalue weighted by Gasteiger charge is -2.08. The SMILES string of the molecule is COC(=O)c1ccc(C)c(-c2ccc(C(=O)O)cc2)c1. The summed E-state index contributed by atoms with van der Waals surface area (Å²) in [6.45, 7) is 1.93. The standard InChI is InChI=1S/C16H14O4/c1-10-3-4-13(16(19)20-2)9-14(10)11-5-7-12(8-6-11)15(17)18/h3-9H,1-2H3,(H,17,18). The van der Waals surface area contributed by atoms with Crippen molar-refractivity contribution in [2.75, 3.05) is 7.11 Å². The minimum atomic E-state index is -0.961. The third-order valence-electron chi connectivity index (χ3n) is 3.10. The molecule has 0 spiro atoms. The molecule has 2 aromatic rings. The Labute approximate surface area is 116 Å². The number of esters is 1. The third kappa shape index (κ3) is 2.69. The van der Waals surface area contributed by atoms with E-state index in [4.69, 9.17) is 9.84 Å². The highest BCUT2D eigenvalue weighted by Gasteiger charge is 2.10. The van der Waals surface area contributed by atoms with Crippen LogP contribution in [-0.2, 0) is 4.74 Å². The van der Waals surface area contributed by atoms with Crippen LogP contribution in [0.15, 0.2) is 42.5 Å². The van der Waals surface area contributed by atoms with E-state index in [2.05, 4.69) is 0 Å². The molecular weight excluding hydrogens is 256 g/mol. The Kier molecular flexibility index (Phi) is 3.84. The number of benzene rings is 2. The van der Waals surface area contributed by atoms with Gasteiger partial charge in [0.25, 0.3) is 0 Å². The second-order valence-corrected chi connectivity index (χ2v) is 4.40. The number of carbonyl (C=O) groups is 2. The molecule has 0 aliphatic heterocycles. The smallest absolute Gasteiger partial charge is 0.337 e. The predicted molar refractivity (Wildman–Crippen MR) is 74.9 cm³/mol. The van der Waals surface area contributed by atoms with Gasteiger partial charge in [-0.15, -0.1) is 0 Å². The fourth-order valence-electron chi connectivity index (χ4n) is 1.97. The van der Waals surface area contributed by atoms with Crippen LogP contribution in [0.5, 0.6) is 0 Å². The first-order valence-electron chi connectivity index (χ1n) is 6.05. The highest BCUT2D eigenvalue weighted by molar-refractivity contribution is 5.92. The van der Waals surface area contributed by atoms with E-state index in [9.17, 15) is 9.59 Å². The molecule has 102 valence electrons. The number of ether oxygens (including phenoxy) is 1. The normalized spacial score (nSPS) is 10.1. The molecule has 2 rings (SSSR count). The van der Waals surface area contributed by atoms with E-state index in [1.807, 2.05) is 13.0 Å². The van der Waals surface area contributed by atoms with E-state index < -0.39 is 11.9 Å². The van der Waals surface area contributed by atoms with Crippen LogP contribution in [0.1, 0.15) is 26.3 Å². The van der Waals surface area contributed by atoms with Gasteiger partial charge >= 0.3 is 11.9 Å². The summed E-state index contributed by atoms with van der Waals surface area (Å²) in [7, 11) is 1.34. The van der Waals surface area contributed by atoms with Crippen LogP contribution in [0.4, 0.5) is 0 Å². The number of aromatic carboxylic acids is 1. The predicted octanol–water partition coefficient (Wildman–Crippen LogP) is 3.15. The molecule has 4 heteroatoms. The minimum absolute atomic E-state index is 0.232. The average molecular weight is 270 g/mol. The van der Waals surface area contributed by atoms with Crippen molar-refractivity contribution in [3.63, 3.8) is 0 Å². The van der Waals surface area contributed by atoms with E-state index in [0.29, 0.717) is 5.56 Å². The average Bonchev–Trinajstić information content (AvgIpc) is 2.47. The number of rotatable bonds is 3. The molecule has 20 heavy (non-hydrogen) atoms. The molecule has 0 atom stereocenters. The summed E-state index contributed by atoms with van der Waals surface area (Å²) in [4.78, 5) is 22.4. The lowest BCUT2D eigenvalue weighted by atomic mass is 9.97. The van der Waals surface area contributed by atoms with Gasteiger partial charge in [0.15, 0.2) is 0 Å². The van der Waals surface area contributed by atoms with Crippen LogP contribution >= 0.6 is 0 Å². The van der Waals surface area contributed by atoms with Crippen LogP contribution in [-0.4, -0.2) is 24.2 Å². The van der Waals surface area contributed by atoms with E-state index >= 15 is 0 Å². The van der Waals surface area contributed by atoms with Crippen LogP contribution in [0.2, 0.25) is 0 Å². The van der Waals surface area contributed by atoms with Gasteiger partial charge < -0.3 is 9.84 Å².